The van der Waals surface area contributed by atoms with Crippen molar-refractivity contribution in [2.24, 2.45) is 5.92 Å². The number of hydrogen-bond donors (Lipinski definition) is 2. The summed E-state index contributed by atoms with van der Waals surface area (Å²) >= 11 is 0. The lowest BCUT2D eigenvalue weighted by Gasteiger charge is -2.37. The van der Waals surface area contributed by atoms with Gasteiger partial charge in [0.15, 0.2) is 0 Å². The van der Waals surface area contributed by atoms with E-state index < -0.39 is 0 Å². The van der Waals surface area contributed by atoms with Crippen LogP contribution in [0.4, 0.5) is 0 Å². The molecule has 2 unspecified atom stereocenters. The highest BCUT2D eigenvalue weighted by atomic mass is 16.3. The van der Waals surface area contributed by atoms with Gasteiger partial charge in [-0.25, -0.2) is 0 Å². The minimum atomic E-state index is -0.0993. The second-order valence-corrected chi connectivity index (χ2v) is 6.10. The van der Waals surface area contributed by atoms with Gasteiger partial charge in [0.05, 0.1) is 6.61 Å². The first-order valence-electron chi connectivity index (χ1n) is 7.06. The van der Waals surface area contributed by atoms with E-state index in [9.17, 15) is 5.11 Å². The second-order valence-electron chi connectivity index (χ2n) is 6.10. The van der Waals surface area contributed by atoms with Gasteiger partial charge in [-0.3, -0.25) is 4.90 Å². The van der Waals surface area contributed by atoms with Gasteiger partial charge in [-0.05, 0) is 52.6 Å². The van der Waals surface area contributed by atoms with Crippen molar-refractivity contribution >= 4 is 0 Å². The Morgan fingerprint density at radius 1 is 1.35 bits per heavy atom. The predicted molar refractivity (Wildman–Crippen MR) is 73.2 cm³/mol. The first kappa shape index (κ1) is 14.9. The largest absolute Gasteiger partial charge is 0.394 e. The molecule has 0 radical (unpaired) electrons. The molecule has 0 aromatic heterocycles. The van der Waals surface area contributed by atoms with Crippen LogP contribution in [0, 0.1) is 5.92 Å². The zero-order valence-electron chi connectivity index (χ0n) is 12.0. The average Bonchev–Trinajstić information content (AvgIpc) is 2.73. The zero-order chi connectivity index (χ0) is 12.9. The van der Waals surface area contributed by atoms with Crippen molar-refractivity contribution in [1.29, 1.82) is 0 Å². The third kappa shape index (κ3) is 4.23. The van der Waals surface area contributed by atoms with Crippen LogP contribution in [0.3, 0.4) is 0 Å². The number of nitrogens with one attached hydrogen (secondary N) is 1. The Balaban J connectivity index is 2.44. The van der Waals surface area contributed by atoms with Gasteiger partial charge in [0.25, 0.3) is 0 Å². The van der Waals surface area contributed by atoms with E-state index in [0.29, 0.717) is 6.04 Å². The lowest BCUT2D eigenvalue weighted by atomic mass is 9.98. The number of aliphatic hydroxyl groups excluding tert-OH is 1. The van der Waals surface area contributed by atoms with Crippen LogP contribution in [0.5, 0.6) is 0 Å². The van der Waals surface area contributed by atoms with Gasteiger partial charge >= 0.3 is 0 Å². The molecule has 1 aliphatic carbocycles. The number of rotatable bonds is 7. The fourth-order valence-corrected chi connectivity index (χ4v) is 2.57. The van der Waals surface area contributed by atoms with Crippen LogP contribution in [0.1, 0.15) is 46.5 Å². The standard InChI is InChI=1S/C14H30N2O/c1-5-9-15-13-8-6-7-12(13)10-16(4)14(2,3)11-17/h12-13,15,17H,5-11H2,1-4H3. The molecular weight excluding hydrogens is 212 g/mol. The number of nitrogens with zero attached hydrogens (tertiary/aromatic N) is 1. The van der Waals surface area contributed by atoms with Gasteiger partial charge in [-0.2, -0.15) is 0 Å². The molecule has 0 bridgehead atoms. The third-order valence-corrected chi connectivity index (χ3v) is 4.24. The summed E-state index contributed by atoms with van der Waals surface area (Å²) in [4.78, 5) is 2.31. The smallest absolute Gasteiger partial charge is 0.0609 e. The Kier molecular flexibility index (Phi) is 5.90. The summed E-state index contributed by atoms with van der Waals surface area (Å²) in [7, 11) is 2.13. The molecule has 0 spiro atoms. The summed E-state index contributed by atoms with van der Waals surface area (Å²) in [5.74, 6) is 0.748. The normalized spacial score (nSPS) is 25.8. The van der Waals surface area contributed by atoms with Crippen molar-refractivity contribution < 1.29 is 5.11 Å². The van der Waals surface area contributed by atoms with Crippen LogP contribution >= 0.6 is 0 Å². The Labute approximate surface area is 107 Å². The van der Waals surface area contributed by atoms with Crippen LogP contribution < -0.4 is 5.32 Å². The highest BCUT2D eigenvalue weighted by Gasteiger charge is 2.31. The van der Waals surface area contributed by atoms with E-state index >= 15 is 0 Å². The molecule has 1 saturated carbocycles. The van der Waals surface area contributed by atoms with Gasteiger partial charge in [-0.1, -0.05) is 13.3 Å². The summed E-state index contributed by atoms with van der Waals surface area (Å²) in [6, 6.07) is 0.687. The molecule has 3 heteroatoms. The van der Waals surface area contributed by atoms with Crippen LogP contribution in [0.15, 0.2) is 0 Å². The van der Waals surface area contributed by atoms with Crippen LogP contribution in [-0.4, -0.2) is 48.3 Å². The lowest BCUT2D eigenvalue weighted by Crippen LogP contribution is -2.48. The van der Waals surface area contributed by atoms with E-state index in [1.165, 1.54) is 25.7 Å². The SMILES string of the molecule is CCCNC1CCCC1CN(C)C(C)(C)CO. The van der Waals surface area contributed by atoms with Crippen LogP contribution in [-0.2, 0) is 0 Å². The minimum Gasteiger partial charge on any atom is -0.394 e. The fourth-order valence-electron chi connectivity index (χ4n) is 2.57. The van der Waals surface area contributed by atoms with Gasteiger partial charge in [0.2, 0.25) is 0 Å². The summed E-state index contributed by atoms with van der Waals surface area (Å²) < 4.78 is 0. The molecule has 2 N–H and O–H groups in total. The summed E-state index contributed by atoms with van der Waals surface area (Å²) in [5.41, 5.74) is -0.0993. The Morgan fingerprint density at radius 3 is 2.65 bits per heavy atom. The van der Waals surface area contributed by atoms with Crippen molar-refractivity contribution in [3.63, 3.8) is 0 Å². The van der Waals surface area contributed by atoms with E-state index in [-0.39, 0.29) is 12.1 Å². The monoisotopic (exact) mass is 242 g/mol. The van der Waals surface area contributed by atoms with E-state index in [1.807, 2.05) is 0 Å². The maximum Gasteiger partial charge on any atom is 0.0609 e. The Hall–Kier alpha value is -0.120. The maximum atomic E-state index is 9.39. The van der Waals surface area contributed by atoms with E-state index in [1.54, 1.807) is 0 Å². The number of aliphatic hydroxyl groups is 1. The van der Waals surface area contributed by atoms with Crippen molar-refractivity contribution in [1.82, 2.24) is 10.2 Å². The number of hydrogen-bond acceptors (Lipinski definition) is 3. The summed E-state index contributed by atoms with van der Waals surface area (Å²) in [5, 5.41) is 13.1. The Morgan fingerprint density at radius 2 is 2.06 bits per heavy atom. The molecule has 1 aliphatic rings. The minimum absolute atomic E-state index is 0.0993. The van der Waals surface area contributed by atoms with E-state index in [0.717, 1.165) is 19.0 Å². The molecule has 0 amide bonds. The second kappa shape index (κ2) is 6.72. The van der Waals surface area contributed by atoms with Crippen molar-refractivity contribution in [3.8, 4) is 0 Å². The predicted octanol–water partition coefficient (Wildman–Crippen LogP) is 1.86. The van der Waals surface area contributed by atoms with Crippen molar-refractivity contribution in [2.75, 3.05) is 26.7 Å². The maximum absolute atomic E-state index is 9.39. The molecule has 17 heavy (non-hydrogen) atoms. The molecule has 3 nitrogen and oxygen atoms in total. The third-order valence-electron chi connectivity index (χ3n) is 4.24. The first-order chi connectivity index (χ1) is 8.01. The number of likely N-dealkylation sites (N-methyl/N-ethyl adjacent to an activating group) is 1. The Bertz CT molecular complexity index is 218. The van der Waals surface area contributed by atoms with Gasteiger partial charge < -0.3 is 10.4 Å². The molecule has 0 aromatic rings. The summed E-state index contributed by atoms with van der Waals surface area (Å²) in [6.07, 6.45) is 5.20. The lowest BCUT2D eigenvalue weighted by molar-refractivity contribution is 0.0635. The van der Waals surface area contributed by atoms with Gasteiger partial charge in [-0.15, -0.1) is 0 Å². The fraction of sp³-hybridized carbons (Fsp3) is 1.00. The molecule has 1 rings (SSSR count). The molecule has 0 aromatic carbocycles. The van der Waals surface area contributed by atoms with Crippen molar-refractivity contribution in [3.05, 3.63) is 0 Å². The van der Waals surface area contributed by atoms with Crippen LogP contribution in [0.2, 0.25) is 0 Å². The molecule has 0 aliphatic heterocycles. The topological polar surface area (TPSA) is 35.5 Å². The molecular formula is C14H30N2O. The highest BCUT2D eigenvalue weighted by Crippen LogP contribution is 2.28. The zero-order valence-corrected chi connectivity index (χ0v) is 12.0. The molecule has 0 heterocycles. The molecule has 2 atom stereocenters. The summed E-state index contributed by atoms with van der Waals surface area (Å²) in [6.45, 7) is 8.89. The molecule has 0 saturated heterocycles. The van der Waals surface area contributed by atoms with E-state index in [4.69, 9.17) is 0 Å². The van der Waals surface area contributed by atoms with Crippen LogP contribution in [0.25, 0.3) is 0 Å². The molecule has 102 valence electrons. The average molecular weight is 242 g/mol. The quantitative estimate of drug-likeness (QED) is 0.715. The first-order valence-corrected chi connectivity index (χ1v) is 7.06. The van der Waals surface area contributed by atoms with Gasteiger partial charge in [0, 0.05) is 18.1 Å². The van der Waals surface area contributed by atoms with Gasteiger partial charge in [0.1, 0.15) is 0 Å². The van der Waals surface area contributed by atoms with Crippen molar-refractivity contribution in [2.45, 2.75) is 58.0 Å². The highest BCUT2D eigenvalue weighted by molar-refractivity contribution is 4.88. The van der Waals surface area contributed by atoms with E-state index in [2.05, 4.69) is 38.0 Å². The molecule has 1 fully saturated rings.